The van der Waals surface area contributed by atoms with Gasteiger partial charge in [-0.2, -0.15) is 0 Å². The highest BCUT2D eigenvalue weighted by atomic mass is 79.9. The Bertz CT molecular complexity index is 736. The molecule has 2 aromatic rings. The van der Waals surface area contributed by atoms with Gasteiger partial charge in [0.15, 0.2) is 0 Å². The fraction of sp³-hybridized carbons (Fsp3) is 0.167. The van der Waals surface area contributed by atoms with Crippen LogP contribution in [0.4, 0.5) is 0 Å². The van der Waals surface area contributed by atoms with Gasteiger partial charge in [-0.15, -0.1) is 17.7 Å². The summed E-state index contributed by atoms with van der Waals surface area (Å²) in [6, 6.07) is 14.8. The van der Waals surface area contributed by atoms with E-state index in [4.69, 9.17) is 9.94 Å². The number of amides is 1. The molecule has 24 heavy (non-hydrogen) atoms. The molecule has 0 aliphatic carbocycles. The number of nitrogens with one attached hydrogen (secondary N) is 1. The van der Waals surface area contributed by atoms with Gasteiger partial charge in [0.1, 0.15) is 17.6 Å². The van der Waals surface area contributed by atoms with Crippen molar-refractivity contribution in [3.05, 3.63) is 58.6 Å². The number of benzene rings is 2. The molecule has 0 bridgehead atoms. The standard InChI is InChI=1S/C18H16BrNO3S/c1-2-3-12-23-15-8-10-16(11-9-15)24-17(18(21)20-22)13-4-6-14(19)7-5-13/h4-11,17,22H,12H2,1H3,(H,20,21). The molecule has 0 radical (unpaired) electrons. The van der Waals surface area contributed by atoms with Gasteiger partial charge in [0.25, 0.3) is 5.91 Å². The molecule has 2 aromatic carbocycles. The van der Waals surface area contributed by atoms with Gasteiger partial charge in [-0.25, -0.2) is 5.48 Å². The zero-order valence-electron chi connectivity index (χ0n) is 13.0. The summed E-state index contributed by atoms with van der Waals surface area (Å²) in [7, 11) is 0. The van der Waals surface area contributed by atoms with Crippen molar-refractivity contribution in [3.63, 3.8) is 0 Å². The van der Waals surface area contributed by atoms with E-state index in [2.05, 4.69) is 27.8 Å². The third-order valence-electron chi connectivity index (χ3n) is 3.09. The molecule has 1 unspecified atom stereocenters. The topological polar surface area (TPSA) is 58.6 Å². The average molecular weight is 406 g/mol. The van der Waals surface area contributed by atoms with Crippen LogP contribution in [0.5, 0.6) is 5.75 Å². The van der Waals surface area contributed by atoms with Crippen molar-refractivity contribution in [1.29, 1.82) is 0 Å². The van der Waals surface area contributed by atoms with Crippen LogP contribution in [0, 0.1) is 11.8 Å². The number of thioether (sulfide) groups is 1. The van der Waals surface area contributed by atoms with Crippen LogP contribution in [0.2, 0.25) is 0 Å². The maximum absolute atomic E-state index is 12.0. The summed E-state index contributed by atoms with van der Waals surface area (Å²) in [5.41, 5.74) is 2.53. The molecule has 1 amide bonds. The maximum Gasteiger partial charge on any atom is 0.261 e. The predicted molar refractivity (Wildman–Crippen MR) is 98.1 cm³/mol. The zero-order chi connectivity index (χ0) is 17.4. The Morgan fingerprint density at radius 3 is 2.50 bits per heavy atom. The fourth-order valence-electron chi connectivity index (χ4n) is 1.91. The Labute approximate surface area is 153 Å². The van der Waals surface area contributed by atoms with Crippen LogP contribution in [0.25, 0.3) is 0 Å². The van der Waals surface area contributed by atoms with Crippen LogP contribution < -0.4 is 10.2 Å². The Morgan fingerprint density at radius 1 is 1.25 bits per heavy atom. The summed E-state index contributed by atoms with van der Waals surface area (Å²) in [5, 5.41) is 8.45. The lowest BCUT2D eigenvalue weighted by Crippen LogP contribution is -2.24. The molecule has 0 fully saturated rings. The van der Waals surface area contributed by atoms with Gasteiger partial charge in [-0.05, 0) is 48.9 Å². The molecule has 0 saturated heterocycles. The predicted octanol–water partition coefficient (Wildman–Crippen LogP) is 4.19. The molecule has 2 rings (SSSR count). The number of hydroxylamine groups is 1. The van der Waals surface area contributed by atoms with E-state index >= 15 is 0 Å². The van der Waals surface area contributed by atoms with E-state index in [1.54, 1.807) is 12.4 Å². The van der Waals surface area contributed by atoms with Crippen LogP contribution in [0.1, 0.15) is 17.7 Å². The first-order chi connectivity index (χ1) is 11.6. The Balaban J connectivity index is 2.12. The number of rotatable bonds is 6. The van der Waals surface area contributed by atoms with Crippen molar-refractivity contribution in [1.82, 2.24) is 5.48 Å². The number of carbonyl (C=O) groups is 1. The number of hydrogen-bond donors (Lipinski definition) is 2. The lowest BCUT2D eigenvalue weighted by molar-refractivity contribution is -0.128. The molecule has 0 heterocycles. The van der Waals surface area contributed by atoms with Crippen molar-refractivity contribution < 1.29 is 14.7 Å². The van der Waals surface area contributed by atoms with Gasteiger partial charge in [-0.3, -0.25) is 10.0 Å². The molecule has 4 nitrogen and oxygen atoms in total. The Hall–Kier alpha value is -1.94. The quantitative estimate of drug-likeness (QED) is 0.327. The number of halogens is 1. The van der Waals surface area contributed by atoms with E-state index in [0.717, 1.165) is 14.9 Å². The van der Waals surface area contributed by atoms with E-state index in [1.165, 1.54) is 11.8 Å². The average Bonchev–Trinajstić information content (AvgIpc) is 2.61. The zero-order valence-corrected chi connectivity index (χ0v) is 15.4. The highest BCUT2D eigenvalue weighted by Crippen LogP contribution is 2.36. The first-order valence-electron chi connectivity index (χ1n) is 7.12. The fourth-order valence-corrected chi connectivity index (χ4v) is 3.19. The van der Waals surface area contributed by atoms with Gasteiger partial charge >= 0.3 is 0 Å². The second kappa shape index (κ2) is 9.38. The number of carbonyl (C=O) groups excluding carboxylic acids is 1. The Kier molecular flexibility index (Phi) is 7.19. The van der Waals surface area contributed by atoms with Crippen molar-refractivity contribution in [2.45, 2.75) is 17.1 Å². The monoisotopic (exact) mass is 405 g/mol. The summed E-state index contributed by atoms with van der Waals surface area (Å²) >= 11 is 4.72. The molecular weight excluding hydrogens is 390 g/mol. The third-order valence-corrected chi connectivity index (χ3v) is 4.88. The smallest absolute Gasteiger partial charge is 0.261 e. The first-order valence-corrected chi connectivity index (χ1v) is 8.80. The van der Waals surface area contributed by atoms with Crippen LogP contribution >= 0.6 is 27.7 Å². The number of hydrogen-bond acceptors (Lipinski definition) is 4. The van der Waals surface area contributed by atoms with E-state index < -0.39 is 11.2 Å². The van der Waals surface area contributed by atoms with E-state index in [0.29, 0.717) is 12.4 Å². The first kappa shape index (κ1) is 18.4. The van der Waals surface area contributed by atoms with E-state index in [1.807, 2.05) is 48.5 Å². The molecule has 0 saturated carbocycles. The van der Waals surface area contributed by atoms with Gasteiger partial charge < -0.3 is 4.74 Å². The largest absolute Gasteiger partial charge is 0.481 e. The lowest BCUT2D eigenvalue weighted by Gasteiger charge is -2.15. The van der Waals surface area contributed by atoms with Crippen molar-refractivity contribution in [2.24, 2.45) is 0 Å². The number of ether oxygens (including phenoxy) is 1. The van der Waals surface area contributed by atoms with Crippen LogP contribution in [-0.4, -0.2) is 17.7 Å². The van der Waals surface area contributed by atoms with Crippen molar-refractivity contribution >= 4 is 33.6 Å². The summed E-state index contributed by atoms with van der Waals surface area (Å²) in [6.07, 6.45) is 0. The molecule has 0 aliphatic rings. The van der Waals surface area contributed by atoms with Gasteiger partial charge in [0, 0.05) is 9.37 Å². The minimum absolute atomic E-state index is 0.345. The van der Waals surface area contributed by atoms with Gasteiger partial charge in [-0.1, -0.05) is 34.0 Å². The summed E-state index contributed by atoms with van der Waals surface area (Å²) in [6.45, 7) is 2.11. The molecule has 0 aliphatic heterocycles. The van der Waals surface area contributed by atoms with Gasteiger partial charge in [0.05, 0.1) is 0 Å². The Morgan fingerprint density at radius 2 is 1.92 bits per heavy atom. The SMILES string of the molecule is CC#CCOc1ccc(SC(C(=O)NO)c2ccc(Br)cc2)cc1. The maximum atomic E-state index is 12.0. The normalized spacial score (nSPS) is 11.1. The molecular formula is C18H16BrNO3S. The molecule has 124 valence electrons. The summed E-state index contributed by atoms with van der Waals surface area (Å²) in [4.78, 5) is 12.9. The summed E-state index contributed by atoms with van der Waals surface area (Å²) < 4.78 is 6.39. The van der Waals surface area contributed by atoms with Crippen molar-refractivity contribution in [2.75, 3.05) is 6.61 Å². The van der Waals surface area contributed by atoms with Crippen LogP contribution in [-0.2, 0) is 4.79 Å². The van der Waals surface area contributed by atoms with Crippen LogP contribution in [0.3, 0.4) is 0 Å². The lowest BCUT2D eigenvalue weighted by atomic mass is 10.1. The van der Waals surface area contributed by atoms with Crippen LogP contribution in [0.15, 0.2) is 57.9 Å². The second-order valence-electron chi connectivity index (χ2n) is 4.71. The third kappa shape index (κ3) is 5.31. The van der Waals surface area contributed by atoms with E-state index in [9.17, 15) is 4.79 Å². The highest BCUT2D eigenvalue weighted by Gasteiger charge is 2.21. The van der Waals surface area contributed by atoms with Crippen molar-refractivity contribution in [3.8, 4) is 17.6 Å². The minimum atomic E-state index is -0.555. The highest BCUT2D eigenvalue weighted by molar-refractivity contribution is 9.10. The molecule has 1 atom stereocenters. The molecule has 0 aromatic heterocycles. The molecule has 0 spiro atoms. The minimum Gasteiger partial charge on any atom is -0.481 e. The van der Waals surface area contributed by atoms with E-state index in [-0.39, 0.29) is 0 Å². The summed E-state index contributed by atoms with van der Waals surface area (Å²) in [5.74, 6) is 5.84. The molecule has 6 heteroatoms. The molecule has 2 N–H and O–H groups in total. The second-order valence-corrected chi connectivity index (χ2v) is 6.81. The van der Waals surface area contributed by atoms with Gasteiger partial charge in [0.2, 0.25) is 0 Å².